The fourth-order valence-corrected chi connectivity index (χ4v) is 3.97. The molecule has 5 N–H and O–H groups in total. The van der Waals surface area contributed by atoms with Crippen LogP contribution in [0.1, 0.15) is 29.9 Å². The second-order valence-electron chi connectivity index (χ2n) is 8.57. The summed E-state index contributed by atoms with van der Waals surface area (Å²) < 4.78 is 33.3. The normalized spacial score (nSPS) is 12.2. The second-order valence-corrected chi connectivity index (χ2v) is 8.93. The Morgan fingerprint density at radius 3 is 2.55 bits per heavy atom. The number of fused-ring (bicyclic) bond motifs is 2. The molecule has 0 spiro atoms. The Kier molecular flexibility index (Phi) is 7.59. The monoisotopic (exact) mass is 575 g/mol. The molecule has 12 nitrogen and oxygen atoms in total. The lowest BCUT2D eigenvalue weighted by Crippen LogP contribution is -2.24. The first-order valence-electron chi connectivity index (χ1n) is 11.5. The number of hydrogen-bond acceptors (Lipinski definition) is 9. The van der Waals surface area contributed by atoms with Crippen molar-refractivity contribution in [2.45, 2.75) is 33.0 Å². The SMILES string of the molecule is Cc1cc(-c2c(C(C)Nc3nc(N)nc4nc[nH]c34)nc3cccc(C)n3c2=O)cnc1Cl.O=C(O)C(F)(F)F. The number of H-pyrrole nitrogens is 1. The van der Waals surface area contributed by atoms with E-state index in [4.69, 9.17) is 32.2 Å². The minimum Gasteiger partial charge on any atom is -0.475 e. The predicted octanol–water partition coefficient (Wildman–Crippen LogP) is 4.08. The van der Waals surface area contributed by atoms with Crippen molar-refractivity contribution in [3.8, 4) is 11.1 Å². The number of aliphatic carboxylic acids is 1. The molecule has 0 saturated heterocycles. The minimum absolute atomic E-state index is 0.0872. The van der Waals surface area contributed by atoms with Gasteiger partial charge in [0.15, 0.2) is 11.5 Å². The number of carbonyl (C=O) groups is 1. The van der Waals surface area contributed by atoms with Crippen molar-refractivity contribution in [2.75, 3.05) is 11.1 Å². The summed E-state index contributed by atoms with van der Waals surface area (Å²) in [4.78, 5) is 47.3. The predicted molar refractivity (Wildman–Crippen MR) is 141 cm³/mol. The van der Waals surface area contributed by atoms with E-state index in [0.29, 0.717) is 44.6 Å². The molecule has 0 amide bonds. The van der Waals surface area contributed by atoms with Gasteiger partial charge in [-0.25, -0.2) is 19.7 Å². The molecule has 5 aromatic heterocycles. The molecule has 0 aliphatic carbocycles. The van der Waals surface area contributed by atoms with Crippen LogP contribution >= 0.6 is 11.6 Å². The van der Waals surface area contributed by atoms with Gasteiger partial charge in [-0.15, -0.1) is 0 Å². The number of rotatable bonds is 4. The number of hydrogen-bond donors (Lipinski definition) is 4. The van der Waals surface area contributed by atoms with Crippen LogP contribution in [0.25, 0.3) is 27.9 Å². The van der Waals surface area contributed by atoms with Gasteiger partial charge in [0.25, 0.3) is 5.56 Å². The van der Waals surface area contributed by atoms with E-state index in [1.54, 1.807) is 16.7 Å². The number of carboxylic acid groups (broad SMARTS) is 1. The Labute approximate surface area is 228 Å². The zero-order valence-corrected chi connectivity index (χ0v) is 21.8. The van der Waals surface area contributed by atoms with E-state index in [1.165, 1.54) is 6.33 Å². The lowest BCUT2D eigenvalue weighted by molar-refractivity contribution is -0.192. The van der Waals surface area contributed by atoms with Crippen LogP contribution in [0.2, 0.25) is 5.15 Å². The number of aromatic nitrogens is 7. The number of nitrogens with zero attached hydrogens (tertiary/aromatic N) is 6. The van der Waals surface area contributed by atoms with Gasteiger partial charge in [-0.3, -0.25) is 9.20 Å². The number of carboxylic acids is 1. The van der Waals surface area contributed by atoms with Crippen LogP contribution in [0, 0.1) is 13.8 Å². The highest BCUT2D eigenvalue weighted by Crippen LogP contribution is 2.29. The van der Waals surface area contributed by atoms with Gasteiger partial charge in [0.1, 0.15) is 16.3 Å². The summed E-state index contributed by atoms with van der Waals surface area (Å²) >= 11 is 6.14. The molecule has 40 heavy (non-hydrogen) atoms. The quantitative estimate of drug-likeness (QED) is 0.228. The molecule has 0 bridgehead atoms. The third-order valence-corrected chi connectivity index (χ3v) is 6.08. The van der Waals surface area contributed by atoms with Crippen LogP contribution < -0.4 is 16.6 Å². The third-order valence-electron chi connectivity index (χ3n) is 5.68. The first-order valence-corrected chi connectivity index (χ1v) is 11.8. The smallest absolute Gasteiger partial charge is 0.475 e. The first-order chi connectivity index (χ1) is 18.8. The summed E-state index contributed by atoms with van der Waals surface area (Å²) in [6, 6.07) is 6.95. The molecule has 0 radical (unpaired) electrons. The van der Waals surface area contributed by atoms with Gasteiger partial charge in [0.05, 0.1) is 23.6 Å². The highest BCUT2D eigenvalue weighted by molar-refractivity contribution is 6.30. The van der Waals surface area contributed by atoms with Crippen molar-refractivity contribution < 1.29 is 23.1 Å². The van der Waals surface area contributed by atoms with Gasteiger partial charge in [-0.05, 0) is 44.5 Å². The minimum atomic E-state index is -5.08. The molecule has 0 aromatic carbocycles. The third kappa shape index (κ3) is 5.63. The van der Waals surface area contributed by atoms with Gasteiger partial charge in [0.2, 0.25) is 5.95 Å². The maximum Gasteiger partial charge on any atom is 0.490 e. The van der Waals surface area contributed by atoms with E-state index in [-0.39, 0.29) is 11.5 Å². The van der Waals surface area contributed by atoms with Crippen LogP contribution in [0.15, 0.2) is 41.6 Å². The molecule has 0 saturated carbocycles. The summed E-state index contributed by atoms with van der Waals surface area (Å²) in [5.41, 5.74) is 10.4. The van der Waals surface area contributed by atoms with Crippen molar-refractivity contribution in [1.29, 1.82) is 0 Å². The number of pyridine rings is 2. The van der Waals surface area contributed by atoms with Crippen LogP contribution in [0.5, 0.6) is 0 Å². The average molecular weight is 576 g/mol. The van der Waals surface area contributed by atoms with Crippen molar-refractivity contribution in [2.24, 2.45) is 0 Å². The lowest BCUT2D eigenvalue weighted by Gasteiger charge is -2.19. The number of imidazole rings is 1. The first kappa shape index (κ1) is 28.2. The Bertz CT molecular complexity index is 1800. The number of aryl methyl sites for hydroxylation is 2. The number of nitrogen functional groups attached to an aromatic ring is 1. The molecule has 208 valence electrons. The van der Waals surface area contributed by atoms with Gasteiger partial charge in [-0.2, -0.15) is 23.1 Å². The molecule has 0 aliphatic rings. The summed E-state index contributed by atoms with van der Waals surface area (Å²) in [7, 11) is 0. The van der Waals surface area contributed by atoms with E-state index in [1.807, 2.05) is 39.0 Å². The van der Waals surface area contributed by atoms with Gasteiger partial charge < -0.3 is 21.1 Å². The number of nitrogens with two attached hydrogens (primary N) is 1. The fourth-order valence-electron chi connectivity index (χ4n) is 3.86. The van der Waals surface area contributed by atoms with Crippen LogP contribution in [0.4, 0.5) is 24.9 Å². The zero-order valence-electron chi connectivity index (χ0n) is 21.1. The number of alkyl halides is 3. The molecule has 0 aliphatic heterocycles. The summed E-state index contributed by atoms with van der Waals surface area (Å²) in [6.07, 6.45) is -1.98. The number of nitrogens with one attached hydrogen (secondary N) is 2. The van der Waals surface area contributed by atoms with E-state index >= 15 is 0 Å². The van der Waals surface area contributed by atoms with E-state index < -0.39 is 18.2 Å². The highest BCUT2D eigenvalue weighted by Gasteiger charge is 2.38. The van der Waals surface area contributed by atoms with Crippen LogP contribution in [-0.4, -0.2) is 51.6 Å². The summed E-state index contributed by atoms with van der Waals surface area (Å²) in [6.45, 7) is 5.61. The molecule has 1 atom stereocenters. The standard InChI is InChI=1S/C22H20ClN9O.C2HF3O2/c1-10-7-13(8-25-18(10)23)15-16(29-14-6-4-5-11(2)32(14)21(15)33)12(3)28-20-17-19(27-9-26-17)30-22(24)31-20;3-2(4,5)1(6)7/h4-9,12H,1-3H3,(H4,24,26,27,28,30,31);(H,6,7). The molecule has 5 heterocycles. The van der Waals surface area contributed by atoms with Gasteiger partial charge in [-0.1, -0.05) is 17.7 Å². The van der Waals surface area contributed by atoms with Crippen molar-refractivity contribution in [1.82, 2.24) is 34.3 Å². The Morgan fingerprint density at radius 2 is 1.90 bits per heavy atom. The van der Waals surface area contributed by atoms with Gasteiger partial charge in [0, 0.05) is 17.5 Å². The maximum atomic E-state index is 13.7. The van der Waals surface area contributed by atoms with E-state index in [0.717, 1.165) is 11.3 Å². The van der Waals surface area contributed by atoms with Gasteiger partial charge >= 0.3 is 12.1 Å². The molecule has 16 heteroatoms. The molecule has 5 aromatic rings. The molecular weight excluding hydrogens is 555 g/mol. The second kappa shape index (κ2) is 10.8. The molecule has 5 rings (SSSR count). The topological polar surface area (TPSA) is 177 Å². The van der Waals surface area contributed by atoms with E-state index in [2.05, 4.69) is 30.2 Å². The highest BCUT2D eigenvalue weighted by atomic mass is 35.5. The Balaban J connectivity index is 0.000000470. The number of aromatic amines is 1. The molecule has 1 unspecified atom stereocenters. The van der Waals surface area contributed by atoms with Crippen LogP contribution in [0.3, 0.4) is 0 Å². The average Bonchev–Trinajstić information content (AvgIpc) is 3.34. The zero-order chi connectivity index (χ0) is 29.4. The Morgan fingerprint density at radius 1 is 1.20 bits per heavy atom. The number of halogens is 4. The summed E-state index contributed by atoms with van der Waals surface area (Å²) in [5.74, 6) is -2.21. The Hall–Kier alpha value is -4.79. The molecular formula is C24H21ClF3N9O3. The summed E-state index contributed by atoms with van der Waals surface area (Å²) in [5, 5.41) is 10.8. The number of anilines is 2. The largest absolute Gasteiger partial charge is 0.490 e. The van der Waals surface area contributed by atoms with Crippen molar-refractivity contribution in [3.05, 3.63) is 69.2 Å². The fraction of sp³-hybridized carbons (Fsp3) is 0.208. The molecule has 0 fully saturated rings. The maximum absolute atomic E-state index is 13.7. The van der Waals surface area contributed by atoms with Crippen LogP contribution in [-0.2, 0) is 4.79 Å². The van der Waals surface area contributed by atoms with Crippen molar-refractivity contribution in [3.63, 3.8) is 0 Å². The van der Waals surface area contributed by atoms with E-state index in [9.17, 15) is 18.0 Å². The lowest BCUT2D eigenvalue weighted by atomic mass is 10.0. The van der Waals surface area contributed by atoms with Crippen molar-refractivity contribution >= 4 is 46.1 Å².